The van der Waals surface area contributed by atoms with Crippen LogP contribution in [0, 0.1) is 6.92 Å². The third-order valence-corrected chi connectivity index (χ3v) is 6.41. The number of ether oxygens (including phenoxy) is 2. The molecule has 0 fully saturated rings. The summed E-state index contributed by atoms with van der Waals surface area (Å²) in [7, 11) is 0. The van der Waals surface area contributed by atoms with E-state index in [2.05, 4.69) is 43.5 Å². The van der Waals surface area contributed by atoms with E-state index in [0.717, 1.165) is 33.7 Å². The molecule has 1 heterocycles. The third-order valence-electron chi connectivity index (χ3n) is 6.15. The lowest BCUT2D eigenvalue weighted by atomic mass is 10.0. The van der Waals surface area contributed by atoms with Crippen molar-refractivity contribution in [3.63, 3.8) is 0 Å². The highest BCUT2D eigenvalue weighted by Gasteiger charge is 2.19. The number of halogens is 1. The predicted octanol–water partition coefficient (Wildman–Crippen LogP) is 7.81. The monoisotopic (exact) mass is 491 g/mol. The number of hydrogen-bond donors (Lipinski definition) is 1. The molecular formula is C29H30ClNO4. The molecule has 0 bridgehead atoms. The molecule has 0 aliphatic rings. The van der Waals surface area contributed by atoms with E-state index >= 15 is 0 Å². The van der Waals surface area contributed by atoms with E-state index in [1.165, 1.54) is 5.56 Å². The fraction of sp³-hybridized carbons (Fsp3) is 0.276. The van der Waals surface area contributed by atoms with Gasteiger partial charge in [-0.25, -0.2) is 4.79 Å². The van der Waals surface area contributed by atoms with Crippen molar-refractivity contribution in [3.8, 4) is 17.2 Å². The van der Waals surface area contributed by atoms with Crippen LogP contribution in [0.5, 0.6) is 17.2 Å². The maximum atomic E-state index is 11.4. The molecular weight excluding hydrogens is 462 g/mol. The summed E-state index contributed by atoms with van der Waals surface area (Å²) in [5, 5.41) is 11.0. The number of nitrogens with zero attached hydrogens (tertiary/aromatic N) is 1. The van der Waals surface area contributed by atoms with Crippen LogP contribution in [0.15, 0.2) is 66.7 Å². The van der Waals surface area contributed by atoms with Crippen molar-refractivity contribution in [2.45, 2.75) is 52.7 Å². The Balaban J connectivity index is 1.74. The van der Waals surface area contributed by atoms with E-state index in [0.29, 0.717) is 29.7 Å². The molecule has 1 unspecified atom stereocenters. The van der Waals surface area contributed by atoms with Crippen molar-refractivity contribution in [2.75, 3.05) is 0 Å². The zero-order valence-electron chi connectivity index (χ0n) is 20.4. The highest BCUT2D eigenvalue weighted by molar-refractivity contribution is 6.30. The Morgan fingerprint density at radius 1 is 1.03 bits per heavy atom. The molecule has 0 amide bonds. The van der Waals surface area contributed by atoms with E-state index in [9.17, 15) is 9.90 Å². The first kappa shape index (κ1) is 24.7. The number of aromatic nitrogens is 1. The zero-order chi connectivity index (χ0) is 25.1. The molecule has 35 heavy (non-hydrogen) atoms. The summed E-state index contributed by atoms with van der Waals surface area (Å²) in [4.78, 5) is 11.4. The first-order chi connectivity index (χ1) is 16.8. The van der Waals surface area contributed by atoms with E-state index in [-0.39, 0.29) is 0 Å². The molecule has 0 radical (unpaired) electrons. The van der Waals surface area contributed by atoms with Gasteiger partial charge in [0.1, 0.15) is 11.5 Å². The molecule has 6 heteroatoms. The number of carboxylic acids is 1. The lowest BCUT2D eigenvalue weighted by Gasteiger charge is -2.15. The van der Waals surface area contributed by atoms with E-state index < -0.39 is 12.1 Å². The zero-order valence-corrected chi connectivity index (χ0v) is 21.2. The molecule has 0 aliphatic carbocycles. The summed E-state index contributed by atoms with van der Waals surface area (Å²) >= 11 is 6.05. The Labute approximate surface area is 210 Å². The van der Waals surface area contributed by atoms with E-state index in [1.54, 1.807) is 13.0 Å². The van der Waals surface area contributed by atoms with Gasteiger partial charge in [0, 0.05) is 17.0 Å². The number of benzene rings is 3. The summed E-state index contributed by atoms with van der Waals surface area (Å²) in [6.45, 7) is 8.80. The van der Waals surface area contributed by atoms with Gasteiger partial charge >= 0.3 is 5.97 Å². The maximum Gasteiger partial charge on any atom is 0.344 e. The second-order valence-corrected chi connectivity index (χ2v) is 9.42. The van der Waals surface area contributed by atoms with Gasteiger partial charge in [-0.05, 0) is 78.9 Å². The summed E-state index contributed by atoms with van der Waals surface area (Å²) < 4.78 is 14.3. The first-order valence-corrected chi connectivity index (χ1v) is 12.2. The molecule has 0 aliphatic heterocycles. The second-order valence-electron chi connectivity index (χ2n) is 8.99. The highest BCUT2D eigenvalue weighted by Crippen LogP contribution is 2.38. The van der Waals surface area contributed by atoms with Gasteiger partial charge in [0.25, 0.3) is 0 Å². The molecule has 3 aromatic carbocycles. The summed E-state index contributed by atoms with van der Waals surface area (Å²) in [6.07, 6.45) is -0.475. The van der Waals surface area contributed by atoms with Crippen LogP contribution in [0.1, 0.15) is 49.9 Å². The third kappa shape index (κ3) is 5.46. The minimum absolute atomic E-state index is 0.391. The van der Waals surface area contributed by atoms with Crippen LogP contribution in [0.25, 0.3) is 10.9 Å². The summed E-state index contributed by atoms with van der Waals surface area (Å²) in [5.74, 6) is 1.50. The van der Waals surface area contributed by atoms with Gasteiger partial charge in [-0.2, -0.15) is 0 Å². The van der Waals surface area contributed by atoms with Crippen molar-refractivity contribution in [2.24, 2.45) is 0 Å². The lowest BCUT2D eigenvalue weighted by Crippen LogP contribution is -2.25. The van der Waals surface area contributed by atoms with Gasteiger partial charge in [-0.1, -0.05) is 50.6 Å². The van der Waals surface area contributed by atoms with Gasteiger partial charge < -0.3 is 19.1 Å². The molecule has 1 N–H and O–H groups in total. The molecule has 1 aromatic heterocycles. The lowest BCUT2D eigenvalue weighted by molar-refractivity contribution is -0.145. The number of carbonyl (C=O) groups is 1. The van der Waals surface area contributed by atoms with Gasteiger partial charge in [0.2, 0.25) is 0 Å². The maximum absolute atomic E-state index is 11.4. The van der Waals surface area contributed by atoms with E-state index in [1.807, 2.05) is 42.5 Å². The minimum Gasteiger partial charge on any atom is -0.479 e. The Kier molecular flexibility index (Phi) is 7.37. The van der Waals surface area contributed by atoms with Crippen molar-refractivity contribution in [1.29, 1.82) is 0 Å². The molecule has 182 valence electrons. The largest absolute Gasteiger partial charge is 0.479 e. The molecule has 1 atom stereocenters. The van der Waals surface area contributed by atoms with Crippen molar-refractivity contribution < 1.29 is 19.4 Å². The quantitative estimate of drug-likeness (QED) is 0.259. The van der Waals surface area contributed by atoms with Crippen molar-refractivity contribution in [1.82, 2.24) is 4.57 Å². The Morgan fingerprint density at radius 3 is 2.43 bits per heavy atom. The number of fused-ring (bicyclic) bond motifs is 1. The first-order valence-electron chi connectivity index (χ1n) is 11.8. The fourth-order valence-electron chi connectivity index (χ4n) is 4.15. The van der Waals surface area contributed by atoms with Crippen LogP contribution in [0.3, 0.4) is 0 Å². The average molecular weight is 492 g/mol. The predicted molar refractivity (Wildman–Crippen MR) is 140 cm³/mol. The van der Waals surface area contributed by atoms with Crippen molar-refractivity contribution >= 4 is 28.5 Å². The molecule has 0 saturated carbocycles. The standard InChI is InChI=1S/C29H30ClNO4/c1-5-27(29(32)33)34-24-8-6-7-20(15-24)17-31-19(4)28(35-23-12-10-22(30)11-13-23)25-14-9-21(18(2)3)16-26(25)31/h6-16,18,27H,5,17H2,1-4H3,(H,32,33). The summed E-state index contributed by atoms with van der Waals surface area (Å²) in [6, 6.07) is 21.5. The Morgan fingerprint density at radius 2 is 1.77 bits per heavy atom. The van der Waals surface area contributed by atoms with Crippen LogP contribution in [-0.2, 0) is 11.3 Å². The Bertz CT molecular complexity index is 1340. The van der Waals surface area contributed by atoms with Crippen molar-refractivity contribution in [3.05, 3.63) is 88.6 Å². The topological polar surface area (TPSA) is 60.7 Å². The van der Waals surface area contributed by atoms with Gasteiger partial charge in [-0.3, -0.25) is 0 Å². The average Bonchev–Trinajstić information content (AvgIpc) is 3.09. The van der Waals surface area contributed by atoms with Crippen LogP contribution in [0.4, 0.5) is 0 Å². The normalized spacial score (nSPS) is 12.2. The second kappa shape index (κ2) is 10.4. The molecule has 5 nitrogen and oxygen atoms in total. The SMILES string of the molecule is CCC(Oc1cccc(Cn2c(C)c(Oc3ccc(Cl)cc3)c3ccc(C(C)C)cc32)c1)C(=O)O. The van der Waals surface area contributed by atoms with Crippen LogP contribution >= 0.6 is 11.6 Å². The molecule has 0 spiro atoms. The molecule has 0 saturated heterocycles. The van der Waals surface area contributed by atoms with Gasteiger partial charge in [0.15, 0.2) is 11.9 Å². The number of carboxylic acid groups (broad SMARTS) is 1. The number of aliphatic carboxylic acids is 1. The van der Waals surface area contributed by atoms with E-state index in [4.69, 9.17) is 21.1 Å². The Hall–Kier alpha value is -3.44. The summed E-state index contributed by atoms with van der Waals surface area (Å²) in [5.41, 5.74) is 4.34. The minimum atomic E-state index is -0.963. The fourth-order valence-corrected chi connectivity index (χ4v) is 4.27. The number of hydrogen-bond acceptors (Lipinski definition) is 3. The molecule has 4 rings (SSSR count). The smallest absolute Gasteiger partial charge is 0.344 e. The highest BCUT2D eigenvalue weighted by atomic mass is 35.5. The number of rotatable bonds is 9. The van der Waals surface area contributed by atoms with Gasteiger partial charge in [0.05, 0.1) is 11.2 Å². The van der Waals surface area contributed by atoms with Crippen LogP contribution < -0.4 is 9.47 Å². The van der Waals surface area contributed by atoms with Gasteiger partial charge in [-0.15, -0.1) is 0 Å². The van der Waals surface area contributed by atoms with Crippen LogP contribution in [-0.4, -0.2) is 21.7 Å². The van der Waals surface area contributed by atoms with Crippen LogP contribution in [0.2, 0.25) is 5.02 Å². The molecule has 4 aromatic rings.